The van der Waals surface area contributed by atoms with Gasteiger partial charge in [-0.15, -0.1) is 0 Å². The summed E-state index contributed by atoms with van der Waals surface area (Å²) in [6, 6.07) is 20.1. The van der Waals surface area contributed by atoms with Gasteiger partial charge in [-0.05, 0) is 57.5 Å². The monoisotopic (exact) mass is 374 g/mol. The first-order valence-electron chi connectivity index (χ1n) is 9.82. The zero-order valence-electron chi connectivity index (χ0n) is 16.5. The molecule has 2 aromatic rings. The minimum Gasteiger partial charge on any atom is -0.330 e. The van der Waals surface area contributed by atoms with Gasteiger partial charge < -0.3 is 5.32 Å². The van der Waals surface area contributed by atoms with Crippen molar-refractivity contribution in [2.24, 2.45) is 0 Å². The third-order valence-electron chi connectivity index (χ3n) is 6.59. The van der Waals surface area contributed by atoms with E-state index < -0.39 is 0 Å². The molecule has 5 nitrogen and oxygen atoms in total. The van der Waals surface area contributed by atoms with Gasteiger partial charge in [-0.2, -0.15) is 5.26 Å². The Morgan fingerprint density at radius 2 is 1.64 bits per heavy atom. The zero-order valence-corrected chi connectivity index (χ0v) is 16.5. The number of urea groups is 1. The van der Waals surface area contributed by atoms with Gasteiger partial charge in [0.1, 0.15) is 6.07 Å². The quantitative estimate of drug-likeness (QED) is 0.887. The molecule has 1 aliphatic heterocycles. The van der Waals surface area contributed by atoms with E-state index in [1.54, 1.807) is 11.0 Å². The minimum absolute atomic E-state index is 0.00474. The van der Waals surface area contributed by atoms with Crippen LogP contribution in [0.1, 0.15) is 36.8 Å². The van der Waals surface area contributed by atoms with Gasteiger partial charge in [0.2, 0.25) is 0 Å². The van der Waals surface area contributed by atoms with Crippen molar-refractivity contribution >= 4 is 11.7 Å². The van der Waals surface area contributed by atoms with Crippen LogP contribution in [0.2, 0.25) is 0 Å². The van der Waals surface area contributed by atoms with E-state index in [9.17, 15) is 10.1 Å². The van der Waals surface area contributed by atoms with Crippen molar-refractivity contribution in [3.8, 4) is 6.07 Å². The first kappa shape index (κ1) is 18.5. The maximum Gasteiger partial charge on any atom is 0.322 e. The fourth-order valence-corrected chi connectivity index (χ4v) is 4.87. The van der Waals surface area contributed by atoms with E-state index in [4.69, 9.17) is 0 Å². The van der Waals surface area contributed by atoms with Crippen LogP contribution in [0.15, 0.2) is 54.6 Å². The van der Waals surface area contributed by atoms with Crippen LogP contribution < -0.4 is 10.2 Å². The second-order valence-corrected chi connectivity index (χ2v) is 8.22. The number of para-hydroxylation sites is 1. The minimum atomic E-state index is -0.228. The van der Waals surface area contributed by atoms with Crippen molar-refractivity contribution in [2.75, 3.05) is 25.5 Å². The molecule has 0 atom stereocenters. The SMILES string of the molecule is CN(C)[C@]1(c2ccccc2)CC[C@@]2(CC1)CN(c1ccccc1C#N)C(=O)N2. The van der Waals surface area contributed by atoms with Gasteiger partial charge in [0.05, 0.1) is 23.3 Å². The zero-order chi connectivity index (χ0) is 19.8. The average Bonchev–Trinajstić information content (AvgIpc) is 3.05. The van der Waals surface area contributed by atoms with E-state index in [0.717, 1.165) is 25.7 Å². The van der Waals surface area contributed by atoms with Gasteiger partial charge in [-0.1, -0.05) is 42.5 Å². The molecule has 1 spiro atoms. The summed E-state index contributed by atoms with van der Waals surface area (Å²) in [5.41, 5.74) is 2.35. The van der Waals surface area contributed by atoms with Crippen molar-refractivity contribution in [3.63, 3.8) is 0 Å². The molecule has 0 unspecified atom stereocenters. The maximum atomic E-state index is 12.8. The molecule has 4 rings (SSSR count). The number of benzene rings is 2. The van der Waals surface area contributed by atoms with E-state index in [2.05, 4.69) is 60.7 Å². The number of anilines is 1. The number of nitrogens with one attached hydrogen (secondary N) is 1. The number of carbonyl (C=O) groups is 1. The highest BCUT2D eigenvalue weighted by Crippen LogP contribution is 2.46. The molecule has 0 aromatic heterocycles. The Bertz CT molecular complexity index is 908. The van der Waals surface area contributed by atoms with Crippen LogP contribution in [0.5, 0.6) is 0 Å². The first-order chi connectivity index (χ1) is 13.5. The molecular weight excluding hydrogens is 348 g/mol. The highest BCUT2D eigenvalue weighted by molar-refractivity contribution is 5.96. The predicted octanol–water partition coefficient (Wildman–Crippen LogP) is 3.86. The van der Waals surface area contributed by atoms with Gasteiger partial charge in [0.15, 0.2) is 0 Å². The number of hydrogen-bond acceptors (Lipinski definition) is 3. The topological polar surface area (TPSA) is 59.4 Å². The van der Waals surface area contributed by atoms with Crippen LogP contribution in [0.4, 0.5) is 10.5 Å². The van der Waals surface area contributed by atoms with E-state index in [-0.39, 0.29) is 17.1 Å². The van der Waals surface area contributed by atoms with E-state index in [0.29, 0.717) is 17.8 Å². The Kier molecular flexibility index (Phi) is 4.60. The maximum absolute atomic E-state index is 12.8. The Morgan fingerprint density at radius 3 is 2.29 bits per heavy atom. The number of hydrogen-bond donors (Lipinski definition) is 1. The van der Waals surface area contributed by atoms with Crippen molar-refractivity contribution in [1.82, 2.24) is 10.2 Å². The van der Waals surface area contributed by atoms with Crippen LogP contribution in [0.25, 0.3) is 0 Å². The average molecular weight is 374 g/mol. The second kappa shape index (κ2) is 6.96. The molecule has 0 bridgehead atoms. The standard InChI is InChI=1S/C23H26N4O/c1-26(2)23(19-9-4-3-5-10-19)14-12-22(13-15-23)17-27(21(28)25-22)20-11-7-6-8-18(20)16-24/h3-11H,12-15,17H2,1-2H3,(H,25,28)/t22-,23-. The van der Waals surface area contributed by atoms with Crippen molar-refractivity contribution in [1.29, 1.82) is 5.26 Å². The molecule has 1 heterocycles. The number of carbonyl (C=O) groups excluding carboxylic acids is 1. The van der Waals surface area contributed by atoms with E-state index in [1.165, 1.54) is 5.56 Å². The van der Waals surface area contributed by atoms with Gasteiger partial charge in [0.25, 0.3) is 0 Å². The van der Waals surface area contributed by atoms with Gasteiger partial charge in [-0.25, -0.2) is 4.79 Å². The Labute approximate surface area is 166 Å². The highest BCUT2D eigenvalue weighted by atomic mass is 16.2. The lowest BCUT2D eigenvalue weighted by atomic mass is 9.69. The summed E-state index contributed by atoms with van der Waals surface area (Å²) in [6.07, 6.45) is 3.80. The molecule has 1 aliphatic carbocycles. The van der Waals surface area contributed by atoms with Gasteiger partial charge in [-0.3, -0.25) is 9.80 Å². The van der Waals surface area contributed by atoms with Crippen LogP contribution in [-0.2, 0) is 5.54 Å². The molecule has 2 amide bonds. The summed E-state index contributed by atoms with van der Waals surface area (Å²) in [7, 11) is 4.29. The Morgan fingerprint density at radius 1 is 1.00 bits per heavy atom. The molecule has 1 saturated carbocycles. The predicted molar refractivity (Wildman–Crippen MR) is 110 cm³/mol. The van der Waals surface area contributed by atoms with Crippen LogP contribution in [0.3, 0.4) is 0 Å². The molecule has 5 heteroatoms. The van der Waals surface area contributed by atoms with Crippen LogP contribution in [0, 0.1) is 11.3 Å². The molecule has 0 radical (unpaired) electrons. The van der Waals surface area contributed by atoms with Crippen molar-refractivity contribution < 1.29 is 4.79 Å². The third kappa shape index (κ3) is 2.94. The summed E-state index contributed by atoms with van der Waals surface area (Å²) in [4.78, 5) is 16.8. The van der Waals surface area contributed by atoms with Crippen LogP contribution >= 0.6 is 0 Å². The lowest BCUT2D eigenvalue weighted by Gasteiger charge is -2.48. The molecule has 28 heavy (non-hydrogen) atoms. The Balaban J connectivity index is 1.58. The lowest BCUT2D eigenvalue weighted by Crippen LogP contribution is -2.54. The smallest absolute Gasteiger partial charge is 0.322 e. The molecule has 2 fully saturated rings. The van der Waals surface area contributed by atoms with Crippen LogP contribution in [-0.4, -0.2) is 37.1 Å². The van der Waals surface area contributed by atoms with Crippen molar-refractivity contribution in [3.05, 3.63) is 65.7 Å². The molecular formula is C23H26N4O. The fraction of sp³-hybridized carbons (Fsp3) is 0.391. The molecule has 2 aliphatic rings. The summed E-state index contributed by atoms with van der Waals surface area (Å²) < 4.78 is 0. The van der Waals surface area contributed by atoms with Gasteiger partial charge >= 0.3 is 6.03 Å². The first-order valence-corrected chi connectivity index (χ1v) is 9.82. The number of amides is 2. The lowest BCUT2D eigenvalue weighted by molar-refractivity contribution is 0.0658. The third-order valence-corrected chi connectivity index (χ3v) is 6.59. The van der Waals surface area contributed by atoms with E-state index >= 15 is 0 Å². The highest BCUT2D eigenvalue weighted by Gasteiger charge is 2.50. The molecule has 1 saturated heterocycles. The number of nitrogens with zero attached hydrogens (tertiary/aromatic N) is 3. The number of rotatable bonds is 3. The fourth-order valence-electron chi connectivity index (χ4n) is 4.87. The second-order valence-electron chi connectivity index (χ2n) is 8.22. The summed E-state index contributed by atoms with van der Waals surface area (Å²) in [6.45, 7) is 0.614. The number of nitriles is 1. The summed E-state index contributed by atoms with van der Waals surface area (Å²) >= 11 is 0. The molecule has 144 valence electrons. The van der Waals surface area contributed by atoms with Crippen molar-refractivity contribution in [2.45, 2.75) is 36.8 Å². The Hall–Kier alpha value is -2.84. The summed E-state index contributed by atoms with van der Waals surface area (Å²) in [5.74, 6) is 0. The molecule has 1 N–H and O–H groups in total. The van der Waals surface area contributed by atoms with E-state index in [1.807, 2.05) is 18.2 Å². The van der Waals surface area contributed by atoms with Gasteiger partial charge in [0, 0.05) is 5.54 Å². The largest absolute Gasteiger partial charge is 0.330 e. The normalized spacial score (nSPS) is 27.1. The molecule has 2 aromatic carbocycles. The summed E-state index contributed by atoms with van der Waals surface area (Å²) in [5, 5.41) is 12.7.